The number of rotatable bonds is 2. The third-order valence-electron chi connectivity index (χ3n) is 1.58. The molecule has 1 aromatic rings. The minimum absolute atomic E-state index is 0. The largest absolute Gasteiger partial charge is 0.321 e. The third-order valence-corrected chi connectivity index (χ3v) is 1.58. The lowest BCUT2D eigenvalue weighted by Crippen LogP contribution is -2.06. The van der Waals surface area contributed by atoms with Crippen LogP contribution < -0.4 is 5.73 Å². The second-order valence-corrected chi connectivity index (χ2v) is 2.44. The van der Waals surface area contributed by atoms with E-state index in [4.69, 9.17) is 5.73 Å². The summed E-state index contributed by atoms with van der Waals surface area (Å²) in [6.07, 6.45) is 1.46. The zero-order valence-corrected chi connectivity index (χ0v) is 7.65. The molecule has 2 N–H and O–H groups in total. The first-order valence-electron chi connectivity index (χ1n) is 3.48. The highest BCUT2D eigenvalue weighted by Crippen LogP contribution is 2.14. The van der Waals surface area contributed by atoms with Crippen LogP contribution in [0.1, 0.15) is 11.6 Å². The molecule has 72 valence electrons. The Labute approximate surface area is 81.7 Å². The lowest BCUT2D eigenvalue weighted by Gasteiger charge is -2.05. The van der Waals surface area contributed by atoms with Gasteiger partial charge in [0, 0.05) is 6.04 Å². The van der Waals surface area contributed by atoms with Gasteiger partial charge in [-0.05, 0) is 17.7 Å². The average Bonchev–Trinajstić information content (AvgIpc) is 2.08. The zero-order valence-electron chi connectivity index (χ0n) is 6.84. The number of nitrogens with two attached hydrogens (primary N) is 1. The predicted octanol–water partition coefficient (Wildman–Crippen LogP) is 2.57. The quantitative estimate of drug-likeness (QED) is 0.738. The molecule has 0 aliphatic carbocycles. The molecule has 0 bridgehead atoms. The molecule has 1 aromatic carbocycles. The summed E-state index contributed by atoms with van der Waals surface area (Å²) in [5.41, 5.74) is 6.02. The molecule has 0 heterocycles. The van der Waals surface area contributed by atoms with Crippen molar-refractivity contribution in [2.45, 2.75) is 6.04 Å². The topological polar surface area (TPSA) is 26.0 Å². The maximum Gasteiger partial charge on any atom is 0.159 e. The number of benzene rings is 1. The predicted molar refractivity (Wildman–Crippen MR) is 50.7 cm³/mol. The van der Waals surface area contributed by atoms with Crippen LogP contribution in [0.3, 0.4) is 0 Å². The standard InChI is InChI=1S/C9H9F2N.ClH/c1-2-9(12)6-3-4-7(10)8(11)5-6;/h2-5,9H,1,12H2;1H/t9-;/m1./s1. The molecular formula is C9H10ClF2N. The van der Waals surface area contributed by atoms with E-state index in [0.717, 1.165) is 12.1 Å². The van der Waals surface area contributed by atoms with Crippen LogP contribution in [-0.2, 0) is 0 Å². The molecule has 0 saturated heterocycles. The van der Waals surface area contributed by atoms with Gasteiger partial charge in [-0.2, -0.15) is 0 Å². The van der Waals surface area contributed by atoms with E-state index >= 15 is 0 Å². The molecule has 1 nitrogen and oxygen atoms in total. The highest BCUT2D eigenvalue weighted by molar-refractivity contribution is 5.85. The van der Waals surface area contributed by atoms with Gasteiger partial charge in [-0.25, -0.2) is 8.78 Å². The minimum atomic E-state index is -0.884. The first kappa shape index (κ1) is 12.1. The van der Waals surface area contributed by atoms with Gasteiger partial charge in [0.2, 0.25) is 0 Å². The summed E-state index contributed by atoms with van der Waals surface area (Å²) in [5.74, 6) is -1.75. The van der Waals surface area contributed by atoms with Crippen LogP contribution in [0.25, 0.3) is 0 Å². The second kappa shape index (κ2) is 4.94. The van der Waals surface area contributed by atoms with Gasteiger partial charge >= 0.3 is 0 Å². The van der Waals surface area contributed by atoms with E-state index in [1.807, 2.05) is 0 Å². The summed E-state index contributed by atoms with van der Waals surface area (Å²) in [4.78, 5) is 0. The van der Waals surface area contributed by atoms with Crippen molar-refractivity contribution >= 4 is 12.4 Å². The van der Waals surface area contributed by atoms with Crippen molar-refractivity contribution in [2.24, 2.45) is 5.73 Å². The molecule has 0 aromatic heterocycles. The van der Waals surface area contributed by atoms with Crippen molar-refractivity contribution in [3.63, 3.8) is 0 Å². The van der Waals surface area contributed by atoms with Crippen LogP contribution in [-0.4, -0.2) is 0 Å². The Bertz CT molecular complexity index is 302. The van der Waals surface area contributed by atoms with Gasteiger partial charge in [0.1, 0.15) is 0 Å². The van der Waals surface area contributed by atoms with Gasteiger partial charge in [-0.15, -0.1) is 19.0 Å². The molecule has 1 rings (SSSR count). The lowest BCUT2D eigenvalue weighted by molar-refractivity contribution is 0.506. The molecule has 0 amide bonds. The van der Waals surface area contributed by atoms with Crippen LogP contribution in [0.15, 0.2) is 30.9 Å². The Morgan fingerprint density at radius 1 is 1.31 bits per heavy atom. The number of halogens is 3. The smallest absolute Gasteiger partial charge is 0.159 e. The van der Waals surface area contributed by atoms with Gasteiger partial charge in [-0.1, -0.05) is 12.1 Å². The van der Waals surface area contributed by atoms with Crippen LogP contribution >= 0.6 is 12.4 Å². The fraction of sp³-hybridized carbons (Fsp3) is 0.111. The third kappa shape index (κ3) is 2.79. The molecule has 0 fully saturated rings. The Hall–Kier alpha value is -0.930. The lowest BCUT2D eigenvalue weighted by atomic mass is 10.1. The molecule has 0 aliphatic heterocycles. The number of hydrogen-bond acceptors (Lipinski definition) is 1. The molecule has 0 spiro atoms. The minimum Gasteiger partial charge on any atom is -0.321 e. The van der Waals surface area contributed by atoms with Crippen molar-refractivity contribution < 1.29 is 8.78 Å². The molecule has 0 saturated carbocycles. The van der Waals surface area contributed by atoms with Crippen molar-refractivity contribution in [1.82, 2.24) is 0 Å². The fourth-order valence-corrected chi connectivity index (χ4v) is 0.856. The molecule has 0 aliphatic rings. The summed E-state index contributed by atoms with van der Waals surface area (Å²) in [6.45, 7) is 3.45. The van der Waals surface area contributed by atoms with Crippen molar-refractivity contribution in [3.05, 3.63) is 48.1 Å². The average molecular weight is 206 g/mol. The van der Waals surface area contributed by atoms with Crippen LogP contribution in [0.5, 0.6) is 0 Å². The van der Waals surface area contributed by atoms with Crippen LogP contribution in [0.2, 0.25) is 0 Å². The SMILES string of the molecule is C=C[C@@H](N)c1ccc(F)c(F)c1.Cl. The Kier molecular flexibility index (Phi) is 4.59. The van der Waals surface area contributed by atoms with E-state index in [0.29, 0.717) is 5.56 Å². The second-order valence-electron chi connectivity index (χ2n) is 2.44. The monoisotopic (exact) mass is 205 g/mol. The Morgan fingerprint density at radius 2 is 1.92 bits per heavy atom. The van der Waals surface area contributed by atoms with Crippen molar-refractivity contribution in [3.8, 4) is 0 Å². The summed E-state index contributed by atoms with van der Waals surface area (Å²) in [5, 5.41) is 0. The van der Waals surface area contributed by atoms with E-state index in [-0.39, 0.29) is 12.4 Å². The van der Waals surface area contributed by atoms with Gasteiger partial charge in [0.25, 0.3) is 0 Å². The normalized spacial score (nSPS) is 11.6. The molecular weight excluding hydrogens is 196 g/mol. The molecule has 13 heavy (non-hydrogen) atoms. The van der Waals surface area contributed by atoms with Gasteiger partial charge < -0.3 is 5.73 Å². The maximum atomic E-state index is 12.6. The van der Waals surface area contributed by atoms with Crippen LogP contribution in [0.4, 0.5) is 8.78 Å². The van der Waals surface area contributed by atoms with E-state index in [1.54, 1.807) is 0 Å². The van der Waals surface area contributed by atoms with Gasteiger partial charge in [0.15, 0.2) is 11.6 Å². The van der Waals surface area contributed by atoms with Gasteiger partial charge in [-0.3, -0.25) is 0 Å². The fourth-order valence-electron chi connectivity index (χ4n) is 0.856. The summed E-state index contributed by atoms with van der Waals surface area (Å²) >= 11 is 0. The van der Waals surface area contributed by atoms with E-state index in [1.165, 1.54) is 12.1 Å². The zero-order chi connectivity index (χ0) is 9.14. The highest BCUT2D eigenvalue weighted by Gasteiger charge is 2.05. The first-order chi connectivity index (χ1) is 5.65. The molecule has 4 heteroatoms. The highest BCUT2D eigenvalue weighted by atomic mass is 35.5. The summed E-state index contributed by atoms with van der Waals surface area (Å²) in [7, 11) is 0. The molecule has 0 radical (unpaired) electrons. The van der Waals surface area contributed by atoms with Crippen LogP contribution in [0, 0.1) is 11.6 Å². The molecule has 1 atom stereocenters. The summed E-state index contributed by atoms with van der Waals surface area (Å²) in [6, 6.07) is 3.11. The van der Waals surface area contributed by atoms with Gasteiger partial charge in [0.05, 0.1) is 0 Å². The van der Waals surface area contributed by atoms with E-state index < -0.39 is 17.7 Å². The molecule has 0 unspecified atom stereocenters. The van der Waals surface area contributed by atoms with E-state index in [9.17, 15) is 8.78 Å². The van der Waals surface area contributed by atoms with Crippen molar-refractivity contribution in [2.75, 3.05) is 0 Å². The number of hydrogen-bond donors (Lipinski definition) is 1. The maximum absolute atomic E-state index is 12.6. The first-order valence-corrected chi connectivity index (χ1v) is 3.48. The Balaban J connectivity index is 0.00000144. The van der Waals surface area contributed by atoms with E-state index in [2.05, 4.69) is 6.58 Å². The Morgan fingerprint density at radius 3 is 2.38 bits per heavy atom. The summed E-state index contributed by atoms with van der Waals surface area (Å²) < 4.78 is 25.0. The van der Waals surface area contributed by atoms with Crippen molar-refractivity contribution in [1.29, 1.82) is 0 Å².